The fraction of sp³-hybridized carbons (Fsp3) is 0.385. The number of carboxylic acid groups (broad SMARTS) is 1. The van der Waals surface area contributed by atoms with Crippen LogP contribution < -0.4 is 0 Å². The summed E-state index contributed by atoms with van der Waals surface area (Å²) in [5, 5.41) is 8.59. The van der Waals surface area contributed by atoms with Crippen LogP contribution in [0.5, 0.6) is 0 Å². The molecule has 0 radical (unpaired) electrons. The molecule has 1 aliphatic carbocycles. The van der Waals surface area contributed by atoms with Gasteiger partial charge in [0.25, 0.3) is 0 Å². The molecule has 102 valence electrons. The molecule has 1 aliphatic rings. The van der Waals surface area contributed by atoms with Crippen LogP contribution in [0.4, 0.5) is 8.78 Å². The molecule has 19 heavy (non-hydrogen) atoms. The second-order valence-corrected chi connectivity index (χ2v) is 4.68. The first-order valence-electron chi connectivity index (χ1n) is 5.82. The zero-order valence-corrected chi connectivity index (χ0v) is 10.3. The highest BCUT2D eigenvalue weighted by Crippen LogP contribution is 2.49. The summed E-state index contributed by atoms with van der Waals surface area (Å²) in [6.45, 7) is -0.395. The highest BCUT2D eigenvalue weighted by molar-refractivity contribution is 5.85. The minimum atomic E-state index is -1.11. The third-order valence-corrected chi connectivity index (χ3v) is 3.24. The predicted molar refractivity (Wildman–Crippen MR) is 62.5 cm³/mol. The Kier molecular flexibility index (Phi) is 3.50. The van der Waals surface area contributed by atoms with Crippen molar-refractivity contribution in [1.29, 1.82) is 0 Å². The summed E-state index contributed by atoms with van der Waals surface area (Å²) in [5.41, 5.74) is 0.182. The van der Waals surface area contributed by atoms with E-state index >= 15 is 0 Å². The van der Waals surface area contributed by atoms with Gasteiger partial charge in [0.15, 0.2) is 11.6 Å². The van der Waals surface area contributed by atoms with Gasteiger partial charge in [0.2, 0.25) is 5.91 Å². The van der Waals surface area contributed by atoms with Crippen molar-refractivity contribution in [1.82, 2.24) is 4.90 Å². The number of nitrogens with zero attached hydrogens (tertiary/aromatic N) is 1. The first-order valence-corrected chi connectivity index (χ1v) is 5.82. The van der Waals surface area contributed by atoms with Crippen molar-refractivity contribution < 1.29 is 23.5 Å². The molecule has 4 nitrogen and oxygen atoms in total. The lowest BCUT2D eigenvalue weighted by Gasteiger charge is -2.14. The Morgan fingerprint density at radius 2 is 2.11 bits per heavy atom. The number of carbonyl (C=O) groups excluding carboxylic acids is 1. The molecule has 0 heterocycles. The van der Waals surface area contributed by atoms with E-state index in [-0.39, 0.29) is 17.4 Å². The van der Waals surface area contributed by atoms with Crippen molar-refractivity contribution in [3.63, 3.8) is 0 Å². The lowest BCUT2D eigenvalue weighted by molar-refractivity contribution is -0.144. The van der Waals surface area contributed by atoms with Crippen molar-refractivity contribution in [2.75, 3.05) is 13.6 Å². The third kappa shape index (κ3) is 2.72. The Labute approximate surface area is 108 Å². The third-order valence-electron chi connectivity index (χ3n) is 3.24. The molecular formula is C13H13F2NO3. The van der Waals surface area contributed by atoms with Crippen LogP contribution in [0.3, 0.4) is 0 Å². The molecule has 2 atom stereocenters. The summed E-state index contributed by atoms with van der Waals surface area (Å²) in [6, 6.07) is 3.87. The quantitative estimate of drug-likeness (QED) is 0.903. The maximum Gasteiger partial charge on any atom is 0.323 e. The Balaban J connectivity index is 2.06. The van der Waals surface area contributed by atoms with E-state index in [4.69, 9.17) is 5.11 Å². The maximum atomic E-state index is 13.5. The molecule has 2 rings (SSSR count). The first kappa shape index (κ1) is 13.5. The summed E-state index contributed by atoms with van der Waals surface area (Å²) in [6.07, 6.45) is 0.420. The highest BCUT2D eigenvalue weighted by atomic mass is 19.2. The van der Waals surface area contributed by atoms with Gasteiger partial charge < -0.3 is 10.0 Å². The van der Waals surface area contributed by atoms with Crippen molar-refractivity contribution >= 4 is 11.9 Å². The van der Waals surface area contributed by atoms with Crippen molar-refractivity contribution in [2.24, 2.45) is 5.92 Å². The van der Waals surface area contributed by atoms with Gasteiger partial charge in [-0.05, 0) is 24.0 Å². The van der Waals surface area contributed by atoms with E-state index in [9.17, 15) is 18.4 Å². The number of carbonyl (C=O) groups is 2. The Morgan fingerprint density at radius 1 is 1.42 bits per heavy atom. The number of likely N-dealkylation sites (N-methyl/N-ethyl adjacent to an activating group) is 1. The van der Waals surface area contributed by atoms with Crippen LogP contribution in [0.15, 0.2) is 18.2 Å². The van der Waals surface area contributed by atoms with Gasteiger partial charge in [-0.2, -0.15) is 0 Å². The average Bonchev–Trinajstić information content (AvgIpc) is 3.10. The number of rotatable bonds is 4. The molecule has 1 saturated carbocycles. The van der Waals surface area contributed by atoms with E-state index in [1.54, 1.807) is 0 Å². The van der Waals surface area contributed by atoms with Crippen LogP contribution in [-0.2, 0) is 9.59 Å². The van der Waals surface area contributed by atoms with Crippen LogP contribution in [0.1, 0.15) is 17.9 Å². The molecule has 6 heteroatoms. The second-order valence-electron chi connectivity index (χ2n) is 4.68. The van der Waals surface area contributed by atoms with E-state index in [2.05, 4.69) is 0 Å². The topological polar surface area (TPSA) is 57.6 Å². The lowest BCUT2D eigenvalue weighted by atomic mass is 10.1. The van der Waals surface area contributed by atoms with Gasteiger partial charge >= 0.3 is 5.97 Å². The molecule has 1 fully saturated rings. The summed E-state index contributed by atoms with van der Waals surface area (Å²) in [5.74, 6) is -4.14. The molecule has 2 unspecified atom stereocenters. The summed E-state index contributed by atoms with van der Waals surface area (Å²) < 4.78 is 26.6. The zero-order chi connectivity index (χ0) is 14.2. The van der Waals surface area contributed by atoms with Crippen molar-refractivity contribution in [3.05, 3.63) is 35.4 Å². The van der Waals surface area contributed by atoms with Crippen LogP contribution in [0.25, 0.3) is 0 Å². The number of amides is 1. The molecule has 1 N–H and O–H groups in total. The van der Waals surface area contributed by atoms with Gasteiger partial charge in [-0.1, -0.05) is 12.1 Å². The van der Waals surface area contributed by atoms with E-state index in [1.165, 1.54) is 19.2 Å². The molecular weight excluding hydrogens is 256 g/mol. The SMILES string of the molecule is CN(CC(=O)O)C(=O)C1CC1c1cccc(F)c1F. The summed E-state index contributed by atoms with van der Waals surface area (Å²) in [4.78, 5) is 23.5. The number of hydrogen-bond donors (Lipinski definition) is 1. The summed E-state index contributed by atoms with van der Waals surface area (Å²) in [7, 11) is 1.38. The molecule has 0 spiro atoms. The number of aliphatic carboxylic acids is 1. The Bertz CT molecular complexity index is 533. The van der Waals surface area contributed by atoms with E-state index in [1.807, 2.05) is 0 Å². The molecule has 0 aromatic heterocycles. The predicted octanol–water partition coefficient (Wildman–Crippen LogP) is 1.61. The van der Waals surface area contributed by atoms with Crippen molar-refractivity contribution in [2.45, 2.75) is 12.3 Å². The van der Waals surface area contributed by atoms with Crippen molar-refractivity contribution in [3.8, 4) is 0 Å². The number of hydrogen-bond acceptors (Lipinski definition) is 2. The van der Waals surface area contributed by atoms with Crippen LogP contribution >= 0.6 is 0 Å². The van der Waals surface area contributed by atoms with Crippen LogP contribution in [0, 0.1) is 17.6 Å². The Hall–Kier alpha value is -1.98. The fourth-order valence-electron chi connectivity index (χ4n) is 2.18. The second kappa shape index (κ2) is 4.95. The van der Waals surface area contributed by atoms with Gasteiger partial charge in [-0.3, -0.25) is 9.59 Å². The van der Waals surface area contributed by atoms with E-state index < -0.39 is 30.1 Å². The standard InChI is InChI=1S/C13H13F2NO3/c1-16(6-11(17)18)13(19)9-5-8(9)7-3-2-4-10(14)12(7)15/h2-4,8-9H,5-6H2,1H3,(H,17,18). The van der Waals surface area contributed by atoms with Crippen LogP contribution in [-0.4, -0.2) is 35.5 Å². The molecule has 1 aromatic carbocycles. The average molecular weight is 269 g/mol. The minimum Gasteiger partial charge on any atom is -0.480 e. The number of halogens is 2. The summed E-state index contributed by atoms with van der Waals surface area (Å²) >= 11 is 0. The van der Waals surface area contributed by atoms with Gasteiger partial charge in [0.05, 0.1) is 0 Å². The maximum absolute atomic E-state index is 13.5. The zero-order valence-electron chi connectivity index (χ0n) is 10.3. The lowest BCUT2D eigenvalue weighted by Crippen LogP contribution is -2.33. The minimum absolute atomic E-state index is 0.182. The molecule has 1 aromatic rings. The van der Waals surface area contributed by atoms with Gasteiger partial charge in [-0.15, -0.1) is 0 Å². The van der Waals surface area contributed by atoms with E-state index in [0.717, 1.165) is 11.0 Å². The fourth-order valence-corrected chi connectivity index (χ4v) is 2.18. The Morgan fingerprint density at radius 3 is 2.74 bits per heavy atom. The smallest absolute Gasteiger partial charge is 0.323 e. The molecule has 0 aliphatic heterocycles. The molecule has 0 saturated heterocycles. The first-order chi connectivity index (χ1) is 8.91. The normalized spacial score (nSPS) is 21.0. The van der Waals surface area contributed by atoms with Gasteiger partial charge in [0, 0.05) is 13.0 Å². The highest BCUT2D eigenvalue weighted by Gasteiger charge is 2.46. The number of benzene rings is 1. The monoisotopic (exact) mass is 269 g/mol. The molecule has 0 bridgehead atoms. The largest absolute Gasteiger partial charge is 0.480 e. The van der Waals surface area contributed by atoms with Crippen LogP contribution in [0.2, 0.25) is 0 Å². The van der Waals surface area contributed by atoms with Gasteiger partial charge in [-0.25, -0.2) is 8.78 Å². The van der Waals surface area contributed by atoms with Gasteiger partial charge in [0.1, 0.15) is 6.54 Å². The molecule has 1 amide bonds. The number of carboxylic acids is 1. The van der Waals surface area contributed by atoms with E-state index in [0.29, 0.717) is 6.42 Å².